The molecule has 0 saturated carbocycles. The van der Waals surface area contributed by atoms with Crippen LogP contribution >= 0.6 is 0 Å². The maximum atomic E-state index is 13.9. The normalized spacial score (nSPS) is 16.8. The Balaban J connectivity index is 1.32. The first-order chi connectivity index (χ1) is 21.5. The Bertz CT molecular complexity index is 1630. The Morgan fingerprint density at radius 2 is 1.77 bits per heavy atom. The highest BCUT2D eigenvalue weighted by molar-refractivity contribution is 6.08. The van der Waals surface area contributed by atoms with Crippen LogP contribution in [0.2, 0.25) is 0 Å². The van der Waals surface area contributed by atoms with Gasteiger partial charge in [0, 0.05) is 68.8 Å². The van der Waals surface area contributed by atoms with E-state index < -0.39 is 0 Å². The SMILES string of the molecule is CCOC(=O)CCc1c(C)nc2c(c1C)c1ccccc1n2Cc1ccc([C@@H](C(=O)N2CCNCC2)C2CCOCC2)cc1. The first-order valence-corrected chi connectivity index (χ1v) is 16.1. The van der Waals surface area contributed by atoms with E-state index in [2.05, 4.69) is 65.3 Å². The fraction of sp³-hybridized carbons (Fsp3) is 0.472. The molecule has 8 heteroatoms. The molecule has 2 aliphatic rings. The van der Waals surface area contributed by atoms with Gasteiger partial charge in [0.25, 0.3) is 0 Å². The number of benzene rings is 2. The first-order valence-electron chi connectivity index (χ1n) is 16.1. The first kappa shape index (κ1) is 30.3. The molecular formula is C36H44N4O4. The molecule has 232 valence electrons. The van der Waals surface area contributed by atoms with Gasteiger partial charge in [0.15, 0.2) is 0 Å². The van der Waals surface area contributed by atoms with Crippen molar-refractivity contribution in [2.75, 3.05) is 46.0 Å². The maximum Gasteiger partial charge on any atom is 0.306 e. The van der Waals surface area contributed by atoms with Gasteiger partial charge in [-0.2, -0.15) is 0 Å². The minimum absolute atomic E-state index is 0.140. The molecule has 4 aromatic rings. The predicted octanol–water partition coefficient (Wildman–Crippen LogP) is 5.29. The van der Waals surface area contributed by atoms with Crippen molar-refractivity contribution in [2.45, 2.75) is 58.9 Å². The summed E-state index contributed by atoms with van der Waals surface area (Å²) in [5.74, 6) is 0.232. The molecule has 2 saturated heterocycles. The average molecular weight is 597 g/mol. The van der Waals surface area contributed by atoms with E-state index >= 15 is 0 Å². The smallest absolute Gasteiger partial charge is 0.306 e. The van der Waals surface area contributed by atoms with Crippen molar-refractivity contribution in [1.29, 1.82) is 0 Å². The van der Waals surface area contributed by atoms with Gasteiger partial charge < -0.3 is 24.3 Å². The molecule has 0 radical (unpaired) electrons. The highest BCUT2D eigenvalue weighted by Crippen LogP contribution is 2.36. The van der Waals surface area contributed by atoms with Gasteiger partial charge in [-0.3, -0.25) is 9.59 Å². The molecular weight excluding hydrogens is 552 g/mol. The van der Waals surface area contributed by atoms with E-state index in [1.807, 2.05) is 18.7 Å². The van der Waals surface area contributed by atoms with Gasteiger partial charge >= 0.3 is 5.97 Å². The summed E-state index contributed by atoms with van der Waals surface area (Å²) in [5.41, 5.74) is 7.60. The number of carbonyl (C=O) groups is 2. The van der Waals surface area contributed by atoms with Gasteiger partial charge in [-0.25, -0.2) is 4.98 Å². The van der Waals surface area contributed by atoms with E-state index in [1.165, 1.54) is 16.5 Å². The highest BCUT2D eigenvalue weighted by atomic mass is 16.5. The number of carbonyl (C=O) groups excluding carboxylic acids is 2. The van der Waals surface area contributed by atoms with E-state index in [1.54, 1.807) is 0 Å². The molecule has 4 heterocycles. The van der Waals surface area contributed by atoms with E-state index in [0.717, 1.165) is 85.6 Å². The summed E-state index contributed by atoms with van der Waals surface area (Å²) < 4.78 is 13.1. The van der Waals surface area contributed by atoms with Crippen LogP contribution in [-0.2, 0) is 32.0 Å². The number of aromatic nitrogens is 2. The van der Waals surface area contributed by atoms with Crippen molar-refractivity contribution in [1.82, 2.24) is 19.8 Å². The third-order valence-corrected chi connectivity index (χ3v) is 9.48. The van der Waals surface area contributed by atoms with Crippen molar-refractivity contribution >= 4 is 33.8 Å². The molecule has 44 heavy (non-hydrogen) atoms. The average Bonchev–Trinajstić information content (AvgIpc) is 3.35. The summed E-state index contributed by atoms with van der Waals surface area (Å²) in [4.78, 5) is 33.1. The summed E-state index contributed by atoms with van der Waals surface area (Å²) in [7, 11) is 0. The quantitative estimate of drug-likeness (QED) is 0.264. The molecule has 0 spiro atoms. The molecule has 2 aliphatic heterocycles. The lowest BCUT2D eigenvalue weighted by atomic mass is 9.80. The van der Waals surface area contributed by atoms with Crippen molar-refractivity contribution in [3.8, 4) is 0 Å². The number of hydrogen-bond acceptors (Lipinski definition) is 6. The van der Waals surface area contributed by atoms with Crippen molar-refractivity contribution < 1.29 is 19.1 Å². The van der Waals surface area contributed by atoms with E-state index in [4.69, 9.17) is 14.5 Å². The lowest BCUT2D eigenvalue weighted by Gasteiger charge is -2.36. The van der Waals surface area contributed by atoms with Gasteiger partial charge in [0.05, 0.1) is 18.0 Å². The number of rotatable bonds is 9. The van der Waals surface area contributed by atoms with Crippen LogP contribution in [0, 0.1) is 19.8 Å². The number of amides is 1. The second-order valence-corrected chi connectivity index (χ2v) is 12.2. The molecule has 0 aliphatic carbocycles. The van der Waals surface area contributed by atoms with Crippen LogP contribution in [0.25, 0.3) is 21.9 Å². The molecule has 2 aromatic carbocycles. The zero-order valence-electron chi connectivity index (χ0n) is 26.2. The number of piperazine rings is 1. The van der Waals surface area contributed by atoms with Crippen LogP contribution in [0.15, 0.2) is 48.5 Å². The van der Waals surface area contributed by atoms with E-state index in [0.29, 0.717) is 31.9 Å². The van der Waals surface area contributed by atoms with Gasteiger partial charge in [-0.1, -0.05) is 42.5 Å². The Kier molecular flexibility index (Phi) is 9.28. The Labute approximate surface area is 259 Å². The minimum atomic E-state index is -0.175. The standard InChI is InChI=1S/C36H44N4O4/c1-4-44-32(41)14-13-29-24(2)33-30-7-5-6-8-31(30)40(35(33)38-25(29)3)23-26-9-11-27(12-10-26)34(28-15-21-43-22-16-28)36(42)39-19-17-37-18-20-39/h5-12,28,34,37H,4,13-23H2,1-3H3/t34-/m1/s1. The monoisotopic (exact) mass is 596 g/mol. The van der Waals surface area contributed by atoms with Crippen molar-refractivity contribution in [3.63, 3.8) is 0 Å². The molecule has 2 aromatic heterocycles. The van der Waals surface area contributed by atoms with Gasteiger partial charge in [0.2, 0.25) is 5.91 Å². The largest absolute Gasteiger partial charge is 0.466 e. The number of para-hydroxylation sites is 1. The topological polar surface area (TPSA) is 85.7 Å². The zero-order chi connectivity index (χ0) is 30.6. The number of hydrogen-bond donors (Lipinski definition) is 1. The third-order valence-electron chi connectivity index (χ3n) is 9.48. The zero-order valence-corrected chi connectivity index (χ0v) is 26.2. The Morgan fingerprint density at radius 3 is 2.50 bits per heavy atom. The molecule has 2 fully saturated rings. The summed E-state index contributed by atoms with van der Waals surface area (Å²) in [6, 6.07) is 17.2. The van der Waals surface area contributed by atoms with Crippen LogP contribution in [0.5, 0.6) is 0 Å². The summed E-state index contributed by atoms with van der Waals surface area (Å²) in [6.07, 6.45) is 2.79. The Morgan fingerprint density at radius 1 is 1.05 bits per heavy atom. The minimum Gasteiger partial charge on any atom is -0.466 e. The lowest BCUT2D eigenvalue weighted by Crippen LogP contribution is -2.49. The number of nitrogens with one attached hydrogen (secondary N) is 1. The molecule has 0 unspecified atom stereocenters. The highest BCUT2D eigenvalue weighted by Gasteiger charge is 2.34. The maximum absolute atomic E-state index is 13.9. The van der Waals surface area contributed by atoms with Crippen LogP contribution in [0.4, 0.5) is 0 Å². The van der Waals surface area contributed by atoms with E-state index in [-0.39, 0.29) is 17.8 Å². The summed E-state index contributed by atoms with van der Waals surface area (Å²) in [5, 5.41) is 5.68. The molecule has 1 atom stereocenters. The fourth-order valence-corrected chi connectivity index (χ4v) is 7.17. The van der Waals surface area contributed by atoms with Crippen LogP contribution in [-0.4, -0.2) is 72.3 Å². The lowest BCUT2D eigenvalue weighted by molar-refractivity contribution is -0.143. The molecule has 1 amide bonds. The third kappa shape index (κ3) is 6.10. The summed E-state index contributed by atoms with van der Waals surface area (Å²) in [6.45, 7) is 11.8. The van der Waals surface area contributed by atoms with Gasteiger partial charge in [-0.15, -0.1) is 0 Å². The second kappa shape index (κ2) is 13.5. The van der Waals surface area contributed by atoms with Crippen LogP contribution in [0.3, 0.4) is 0 Å². The van der Waals surface area contributed by atoms with Gasteiger partial charge in [-0.05, 0) is 74.3 Å². The second-order valence-electron chi connectivity index (χ2n) is 12.2. The number of pyridine rings is 1. The fourth-order valence-electron chi connectivity index (χ4n) is 7.17. The number of ether oxygens (including phenoxy) is 2. The van der Waals surface area contributed by atoms with Crippen molar-refractivity contribution in [3.05, 3.63) is 76.5 Å². The van der Waals surface area contributed by atoms with Crippen LogP contribution in [0.1, 0.15) is 60.1 Å². The van der Waals surface area contributed by atoms with Crippen molar-refractivity contribution in [2.24, 2.45) is 5.92 Å². The summed E-state index contributed by atoms with van der Waals surface area (Å²) >= 11 is 0. The predicted molar refractivity (Wildman–Crippen MR) is 173 cm³/mol. The number of esters is 1. The molecule has 8 nitrogen and oxygen atoms in total. The van der Waals surface area contributed by atoms with Crippen LogP contribution < -0.4 is 5.32 Å². The number of fused-ring (bicyclic) bond motifs is 3. The molecule has 6 rings (SSSR count). The molecule has 0 bridgehead atoms. The number of aryl methyl sites for hydroxylation is 2. The van der Waals surface area contributed by atoms with Gasteiger partial charge in [0.1, 0.15) is 5.65 Å². The Hall–Kier alpha value is -3.75. The number of nitrogens with zero attached hydrogens (tertiary/aromatic N) is 3. The molecule has 1 N–H and O–H groups in total. The van der Waals surface area contributed by atoms with E-state index in [9.17, 15) is 9.59 Å².